The summed E-state index contributed by atoms with van der Waals surface area (Å²) >= 11 is 0. The van der Waals surface area contributed by atoms with Gasteiger partial charge >= 0.3 is 5.97 Å². The second kappa shape index (κ2) is 5.60. The number of carboxylic acids is 1. The van der Waals surface area contributed by atoms with Gasteiger partial charge in [-0.3, -0.25) is 4.79 Å². The summed E-state index contributed by atoms with van der Waals surface area (Å²) < 4.78 is 0. The highest BCUT2D eigenvalue weighted by atomic mass is 16.4. The smallest absolute Gasteiger partial charge is 0.311 e. The van der Waals surface area contributed by atoms with E-state index in [2.05, 4.69) is 0 Å². The Morgan fingerprint density at radius 2 is 1.17 bits per heavy atom. The Hall–Kier alpha value is -0.570. The van der Waals surface area contributed by atoms with Crippen molar-refractivity contribution in [2.75, 3.05) is 0 Å². The van der Waals surface area contributed by atoms with Gasteiger partial charge in [-0.15, -0.1) is 0 Å². The number of hydrogen-bond acceptors (Lipinski definition) is 2. The molecule has 18 heavy (non-hydrogen) atoms. The van der Waals surface area contributed by atoms with Crippen LogP contribution in [0.1, 0.15) is 77.0 Å². The molecule has 0 unspecified atom stereocenters. The molecule has 0 saturated heterocycles. The summed E-state index contributed by atoms with van der Waals surface area (Å²) in [5, 5.41) is 9.84. The van der Waals surface area contributed by atoms with E-state index in [-0.39, 0.29) is 0 Å². The molecule has 0 spiro atoms. The number of nitrogens with two attached hydrogens (primary N) is 1. The highest BCUT2D eigenvalue weighted by Crippen LogP contribution is 2.48. The van der Waals surface area contributed by atoms with Crippen molar-refractivity contribution in [2.45, 2.75) is 82.6 Å². The van der Waals surface area contributed by atoms with Crippen LogP contribution >= 0.6 is 0 Å². The molecule has 0 radical (unpaired) electrons. The van der Waals surface area contributed by atoms with Crippen molar-refractivity contribution in [3.8, 4) is 0 Å². The van der Waals surface area contributed by atoms with E-state index >= 15 is 0 Å². The molecule has 0 bridgehead atoms. The molecule has 2 rings (SSSR count). The third-order valence-corrected chi connectivity index (χ3v) is 5.32. The Morgan fingerprint density at radius 1 is 0.778 bits per heavy atom. The topological polar surface area (TPSA) is 63.3 Å². The molecular formula is C15H27NO2. The number of rotatable bonds is 2. The molecule has 0 aromatic rings. The zero-order chi connectivity index (χ0) is 13.1. The van der Waals surface area contributed by atoms with Crippen LogP contribution in [0.4, 0.5) is 0 Å². The second-order valence-corrected chi connectivity index (χ2v) is 6.37. The van der Waals surface area contributed by atoms with Crippen LogP contribution in [0, 0.1) is 5.41 Å². The molecule has 3 nitrogen and oxygen atoms in total. The van der Waals surface area contributed by atoms with Crippen LogP contribution in [0.15, 0.2) is 0 Å². The Labute approximate surface area is 110 Å². The molecule has 2 aliphatic rings. The van der Waals surface area contributed by atoms with E-state index in [1.54, 1.807) is 0 Å². The van der Waals surface area contributed by atoms with Gasteiger partial charge < -0.3 is 10.8 Å². The van der Waals surface area contributed by atoms with Crippen LogP contribution in [0.5, 0.6) is 0 Å². The van der Waals surface area contributed by atoms with E-state index in [4.69, 9.17) is 5.73 Å². The second-order valence-electron chi connectivity index (χ2n) is 6.37. The maximum atomic E-state index is 12.0. The lowest BCUT2D eigenvalue weighted by Gasteiger charge is -2.45. The number of aliphatic carboxylic acids is 1. The molecule has 0 aliphatic heterocycles. The third-order valence-electron chi connectivity index (χ3n) is 5.32. The predicted molar refractivity (Wildman–Crippen MR) is 72.4 cm³/mol. The Morgan fingerprint density at radius 3 is 1.56 bits per heavy atom. The minimum atomic E-state index is -0.645. The van der Waals surface area contributed by atoms with Gasteiger partial charge in [-0.25, -0.2) is 0 Å². The van der Waals surface area contributed by atoms with Gasteiger partial charge in [0.2, 0.25) is 0 Å². The van der Waals surface area contributed by atoms with Gasteiger partial charge in [0, 0.05) is 5.54 Å². The zero-order valence-electron chi connectivity index (χ0n) is 11.4. The first kappa shape index (κ1) is 13.9. The lowest BCUT2D eigenvalue weighted by molar-refractivity contribution is -0.155. The highest BCUT2D eigenvalue weighted by molar-refractivity contribution is 5.76. The predicted octanol–water partition coefficient (Wildman–Crippen LogP) is 3.46. The highest BCUT2D eigenvalue weighted by Gasteiger charge is 2.53. The van der Waals surface area contributed by atoms with Crippen LogP contribution in [-0.4, -0.2) is 16.6 Å². The molecule has 104 valence electrons. The molecule has 2 saturated carbocycles. The van der Waals surface area contributed by atoms with Gasteiger partial charge in [-0.05, 0) is 25.7 Å². The van der Waals surface area contributed by atoms with Crippen molar-refractivity contribution in [1.82, 2.24) is 0 Å². The van der Waals surface area contributed by atoms with E-state index in [0.29, 0.717) is 0 Å². The molecule has 3 N–H and O–H groups in total. The van der Waals surface area contributed by atoms with Crippen molar-refractivity contribution >= 4 is 5.97 Å². The number of carboxylic acid groups (broad SMARTS) is 1. The van der Waals surface area contributed by atoms with Crippen LogP contribution in [0.25, 0.3) is 0 Å². The third kappa shape index (κ3) is 2.42. The molecule has 0 atom stereocenters. The average Bonchev–Trinajstić information content (AvgIpc) is 2.70. The average molecular weight is 253 g/mol. The summed E-state index contributed by atoms with van der Waals surface area (Å²) in [5.41, 5.74) is 5.55. The van der Waals surface area contributed by atoms with Crippen LogP contribution in [0.2, 0.25) is 0 Å². The largest absolute Gasteiger partial charge is 0.481 e. The minimum absolute atomic E-state index is 0.459. The van der Waals surface area contributed by atoms with Gasteiger partial charge in [0.05, 0.1) is 5.41 Å². The zero-order valence-corrected chi connectivity index (χ0v) is 11.4. The lowest BCUT2D eigenvalue weighted by atomic mass is 9.62. The van der Waals surface area contributed by atoms with Crippen molar-refractivity contribution in [3.63, 3.8) is 0 Å². The maximum absolute atomic E-state index is 12.0. The lowest BCUT2D eigenvalue weighted by Crippen LogP contribution is -2.59. The summed E-state index contributed by atoms with van der Waals surface area (Å²) in [4.78, 5) is 12.0. The molecule has 3 heteroatoms. The number of hydrogen-bond donors (Lipinski definition) is 2. The monoisotopic (exact) mass is 253 g/mol. The van der Waals surface area contributed by atoms with Crippen LogP contribution in [0.3, 0.4) is 0 Å². The summed E-state index contributed by atoms with van der Waals surface area (Å²) in [6, 6.07) is 0. The summed E-state index contributed by atoms with van der Waals surface area (Å²) in [6.45, 7) is 0. The first-order valence-corrected chi connectivity index (χ1v) is 7.63. The Kier molecular flexibility index (Phi) is 4.31. The van der Waals surface area contributed by atoms with Crippen LogP contribution in [-0.2, 0) is 4.79 Å². The fraction of sp³-hybridized carbons (Fsp3) is 0.933. The summed E-state index contributed by atoms with van der Waals surface area (Å²) in [7, 11) is 0. The van der Waals surface area contributed by atoms with Gasteiger partial charge in [0.25, 0.3) is 0 Å². The maximum Gasteiger partial charge on any atom is 0.311 e. The van der Waals surface area contributed by atoms with E-state index in [0.717, 1.165) is 51.4 Å². The van der Waals surface area contributed by atoms with Crippen LogP contribution < -0.4 is 5.73 Å². The fourth-order valence-corrected chi connectivity index (χ4v) is 4.09. The molecule has 0 amide bonds. The normalized spacial score (nSPS) is 28.1. The SMILES string of the molecule is NC1(C2(C(=O)O)CCCCCC2)CCCCCC1. The van der Waals surface area contributed by atoms with Gasteiger partial charge in [-0.2, -0.15) is 0 Å². The van der Waals surface area contributed by atoms with Gasteiger partial charge in [0.1, 0.15) is 0 Å². The van der Waals surface area contributed by atoms with E-state index in [1.807, 2.05) is 0 Å². The van der Waals surface area contributed by atoms with Crippen molar-refractivity contribution in [3.05, 3.63) is 0 Å². The first-order valence-electron chi connectivity index (χ1n) is 7.63. The quantitative estimate of drug-likeness (QED) is 0.741. The molecule has 0 aromatic carbocycles. The van der Waals surface area contributed by atoms with E-state index in [1.165, 1.54) is 25.7 Å². The fourth-order valence-electron chi connectivity index (χ4n) is 4.09. The molecule has 2 fully saturated rings. The van der Waals surface area contributed by atoms with Crippen molar-refractivity contribution < 1.29 is 9.90 Å². The summed E-state index contributed by atoms with van der Waals surface area (Å²) in [5.74, 6) is -0.631. The minimum Gasteiger partial charge on any atom is -0.481 e. The molecule has 0 aromatic heterocycles. The molecular weight excluding hydrogens is 226 g/mol. The standard InChI is InChI=1S/C15H27NO2/c16-15(11-7-3-4-8-12-15)14(13(17)18)9-5-1-2-6-10-14/h1-12,16H2,(H,17,18). The Bertz CT molecular complexity index is 285. The van der Waals surface area contributed by atoms with E-state index in [9.17, 15) is 9.90 Å². The molecule has 0 heterocycles. The molecule has 2 aliphatic carbocycles. The van der Waals surface area contributed by atoms with Crippen molar-refractivity contribution in [2.24, 2.45) is 11.1 Å². The summed E-state index contributed by atoms with van der Waals surface area (Å²) in [6.07, 6.45) is 12.4. The van der Waals surface area contributed by atoms with Gasteiger partial charge in [-0.1, -0.05) is 51.4 Å². The van der Waals surface area contributed by atoms with Crippen molar-refractivity contribution in [1.29, 1.82) is 0 Å². The van der Waals surface area contributed by atoms with Gasteiger partial charge in [0.15, 0.2) is 0 Å². The van der Waals surface area contributed by atoms with E-state index < -0.39 is 16.9 Å². The Balaban J connectivity index is 2.28. The first-order chi connectivity index (χ1) is 8.61. The number of carbonyl (C=O) groups is 1.